The summed E-state index contributed by atoms with van der Waals surface area (Å²) in [5.74, 6) is 7.86. The average Bonchev–Trinajstić information content (AvgIpc) is 2.81. The van der Waals surface area contributed by atoms with E-state index in [4.69, 9.17) is 10.8 Å². The number of hydrogen-bond donors (Lipinski definition) is 2. The van der Waals surface area contributed by atoms with Crippen LogP contribution >= 0.6 is 11.8 Å². The van der Waals surface area contributed by atoms with Crippen LogP contribution < -0.4 is 11.3 Å². The summed E-state index contributed by atoms with van der Waals surface area (Å²) in [6.45, 7) is 7.63. The Morgan fingerprint density at radius 3 is 2.76 bits per heavy atom. The van der Waals surface area contributed by atoms with Crippen LogP contribution in [0.3, 0.4) is 0 Å². The summed E-state index contributed by atoms with van der Waals surface area (Å²) in [7, 11) is 0. The third-order valence-corrected chi connectivity index (χ3v) is 4.74. The molecule has 1 atom stereocenters. The summed E-state index contributed by atoms with van der Waals surface area (Å²) >= 11 is 1.93. The quantitative estimate of drug-likeness (QED) is 0.581. The fourth-order valence-corrected chi connectivity index (χ4v) is 3.28. The number of nitrogens with zero attached hydrogens (tertiary/aromatic N) is 2. The van der Waals surface area contributed by atoms with Crippen LogP contribution in [0.25, 0.3) is 11.0 Å². The highest BCUT2D eigenvalue weighted by Gasteiger charge is 2.15. The van der Waals surface area contributed by atoms with Crippen molar-refractivity contribution in [2.75, 3.05) is 5.75 Å². The predicted molar refractivity (Wildman–Crippen MR) is 92.4 cm³/mol. The normalized spacial score (nSPS) is 13.2. The number of hydrogen-bond acceptors (Lipinski definition) is 4. The monoisotopic (exact) mass is 306 g/mol. The first-order chi connectivity index (χ1) is 10.2. The fraction of sp³-hybridized carbons (Fsp3) is 0.562. The van der Waals surface area contributed by atoms with Crippen molar-refractivity contribution in [3.8, 4) is 0 Å². The molecule has 21 heavy (non-hydrogen) atoms. The van der Waals surface area contributed by atoms with Gasteiger partial charge in [0.15, 0.2) is 0 Å². The van der Waals surface area contributed by atoms with Crippen molar-refractivity contribution in [3.63, 3.8) is 0 Å². The van der Waals surface area contributed by atoms with Crippen LogP contribution in [0.4, 0.5) is 0 Å². The van der Waals surface area contributed by atoms with E-state index in [-0.39, 0.29) is 6.04 Å². The molecule has 0 radical (unpaired) electrons. The van der Waals surface area contributed by atoms with Crippen molar-refractivity contribution in [2.45, 2.75) is 51.4 Å². The predicted octanol–water partition coefficient (Wildman–Crippen LogP) is 2.96. The molecule has 2 rings (SSSR count). The first-order valence-corrected chi connectivity index (χ1v) is 8.72. The van der Waals surface area contributed by atoms with Crippen molar-refractivity contribution in [1.82, 2.24) is 15.0 Å². The second kappa shape index (κ2) is 7.82. The fourth-order valence-electron chi connectivity index (χ4n) is 2.45. The van der Waals surface area contributed by atoms with Crippen LogP contribution in [0.15, 0.2) is 24.3 Å². The van der Waals surface area contributed by atoms with E-state index in [0.29, 0.717) is 5.25 Å². The second-order valence-electron chi connectivity index (χ2n) is 5.62. The molecule has 5 heteroatoms. The molecule has 1 aromatic carbocycles. The van der Waals surface area contributed by atoms with E-state index >= 15 is 0 Å². The van der Waals surface area contributed by atoms with Gasteiger partial charge in [-0.3, -0.25) is 11.3 Å². The van der Waals surface area contributed by atoms with Crippen molar-refractivity contribution < 1.29 is 0 Å². The molecular formula is C16H26N4S. The molecule has 0 saturated heterocycles. The van der Waals surface area contributed by atoms with E-state index < -0.39 is 0 Å². The number of nitrogens with two attached hydrogens (primary N) is 1. The number of aromatic nitrogens is 2. The molecule has 4 nitrogen and oxygen atoms in total. The standard InChI is InChI=1S/C16H26N4S/c1-4-9-20-15-8-6-5-7-14(15)18-16(20)10-13(19-17)11-21-12(2)3/h5-8,12-13,19H,4,9-11,17H2,1-3H3. The van der Waals surface area contributed by atoms with Gasteiger partial charge < -0.3 is 4.57 Å². The zero-order chi connectivity index (χ0) is 15.2. The molecule has 2 aromatic rings. The van der Waals surface area contributed by atoms with Crippen molar-refractivity contribution in [2.24, 2.45) is 5.84 Å². The third kappa shape index (κ3) is 4.22. The highest BCUT2D eigenvalue weighted by atomic mass is 32.2. The van der Waals surface area contributed by atoms with E-state index in [0.717, 1.165) is 36.5 Å². The molecule has 0 spiro atoms. The van der Waals surface area contributed by atoms with Gasteiger partial charge in [0.2, 0.25) is 0 Å². The summed E-state index contributed by atoms with van der Waals surface area (Å²) in [6, 6.07) is 8.61. The molecule has 116 valence electrons. The smallest absolute Gasteiger partial charge is 0.111 e. The maximum absolute atomic E-state index is 5.72. The highest BCUT2D eigenvalue weighted by Crippen LogP contribution is 2.19. The van der Waals surface area contributed by atoms with Gasteiger partial charge in [0.05, 0.1) is 11.0 Å². The van der Waals surface area contributed by atoms with Gasteiger partial charge in [0.1, 0.15) is 5.82 Å². The lowest BCUT2D eigenvalue weighted by molar-refractivity contribution is 0.539. The molecule has 0 aliphatic rings. The molecule has 1 aromatic heterocycles. The summed E-state index contributed by atoms with van der Waals surface area (Å²) in [4.78, 5) is 4.80. The van der Waals surface area contributed by atoms with E-state index in [9.17, 15) is 0 Å². The Balaban J connectivity index is 2.21. The Bertz CT molecular complexity index is 564. The number of hydrazine groups is 1. The number of fused-ring (bicyclic) bond motifs is 1. The lowest BCUT2D eigenvalue weighted by Crippen LogP contribution is -2.39. The summed E-state index contributed by atoms with van der Waals surface area (Å²) in [6.07, 6.45) is 1.97. The average molecular weight is 306 g/mol. The van der Waals surface area contributed by atoms with Crippen molar-refractivity contribution in [1.29, 1.82) is 0 Å². The summed E-state index contributed by atoms with van der Waals surface area (Å²) < 4.78 is 2.33. The molecular weight excluding hydrogens is 280 g/mol. The van der Waals surface area contributed by atoms with Gasteiger partial charge in [-0.1, -0.05) is 32.9 Å². The Hall–Kier alpha value is -1.04. The number of nitrogens with one attached hydrogen (secondary N) is 1. The summed E-state index contributed by atoms with van der Waals surface area (Å²) in [5.41, 5.74) is 5.25. The van der Waals surface area contributed by atoms with Crippen LogP contribution in [-0.4, -0.2) is 26.6 Å². The van der Waals surface area contributed by atoms with Gasteiger partial charge in [0.25, 0.3) is 0 Å². The Kier molecular flexibility index (Phi) is 6.08. The van der Waals surface area contributed by atoms with Gasteiger partial charge in [-0.2, -0.15) is 11.8 Å². The maximum atomic E-state index is 5.72. The third-order valence-electron chi connectivity index (χ3n) is 3.48. The lowest BCUT2D eigenvalue weighted by Gasteiger charge is -2.17. The van der Waals surface area contributed by atoms with Gasteiger partial charge in [-0.05, 0) is 23.8 Å². The minimum absolute atomic E-state index is 0.254. The Morgan fingerprint density at radius 2 is 2.10 bits per heavy atom. The Morgan fingerprint density at radius 1 is 1.33 bits per heavy atom. The van der Waals surface area contributed by atoms with E-state index in [1.54, 1.807) is 0 Å². The first kappa shape index (κ1) is 16.3. The van der Waals surface area contributed by atoms with E-state index in [1.807, 2.05) is 17.8 Å². The zero-order valence-corrected chi connectivity index (χ0v) is 14.0. The minimum Gasteiger partial charge on any atom is -0.328 e. The van der Waals surface area contributed by atoms with E-state index in [2.05, 4.69) is 49.0 Å². The largest absolute Gasteiger partial charge is 0.328 e. The molecule has 0 saturated carbocycles. The van der Waals surface area contributed by atoms with Crippen LogP contribution in [0, 0.1) is 0 Å². The van der Waals surface area contributed by atoms with Crippen molar-refractivity contribution >= 4 is 22.8 Å². The molecule has 0 fully saturated rings. The zero-order valence-electron chi connectivity index (χ0n) is 13.2. The number of thioether (sulfide) groups is 1. The molecule has 0 amide bonds. The molecule has 0 bridgehead atoms. The van der Waals surface area contributed by atoms with E-state index in [1.165, 1.54) is 5.52 Å². The van der Waals surface area contributed by atoms with Gasteiger partial charge >= 0.3 is 0 Å². The molecule has 1 heterocycles. The number of imidazole rings is 1. The summed E-state index contributed by atoms with van der Waals surface area (Å²) in [5, 5.41) is 0.621. The maximum Gasteiger partial charge on any atom is 0.111 e. The van der Waals surface area contributed by atoms with Gasteiger partial charge in [-0.15, -0.1) is 0 Å². The number of rotatable bonds is 8. The minimum atomic E-state index is 0.254. The SMILES string of the molecule is CCCn1c(CC(CSC(C)C)NN)nc2ccccc21. The van der Waals surface area contributed by atoms with Crippen LogP contribution in [0.5, 0.6) is 0 Å². The number of benzene rings is 1. The van der Waals surface area contributed by atoms with Gasteiger partial charge in [0, 0.05) is 24.8 Å². The van der Waals surface area contributed by atoms with Crippen molar-refractivity contribution in [3.05, 3.63) is 30.1 Å². The number of aryl methyl sites for hydroxylation is 1. The topological polar surface area (TPSA) is 55.9 Å². The first-order valence-electron chi connectivity index (χ1n) is 7.67. The molecule has 1 unspecified atom stereocenters. The second-order valence-corrected chi connectivity index (χ2v) is 7.23. The van der Waals surface area contributed by atoms with Crippen LogP contribution in [0.1, 0.15) is 33.0 Å². The molecule has 0 aliphatic carbocycles. The Labute approximate surface area is 131 Å². The van der Waals surface area contributed by atoms with Gasteiger partial charge in [-0.25, -0.2) is 4.98 Å². The van der Waals surface area contributed by atoms with Crippen LogP contribution in [-0.2, 0) is 13.0 Å². The molecule has 3 N–H and O–H groups in total. The lowest BCUT2D eigenvalue weighted by atomic mass is 10.2. The highest BCUT2D eigenvalue weighted by molar-refractivity contribution is 7.99. The number of para-hydroxylation sites is 2. The molecule has 0 aliphatic heterocycles. The van der Waals surface area contributed by atoms with Crippen LogP contribution in [0.2, 0.25) is 0 Å².